The van der Waals surface area contributed by atoms with E-state index in [0.29, 0.717) is 11.1 Å². The molecule has 3 saturated heterocycles. The van der Waals surface area contributed by atoms with E-state index in [-0.39, 0.29) is 30.0 Å². The summed E-state index contributed by atoms with van der Waals surface area (Å²) in [6.45, 7) is 7.57. The van der Waals surface area contributed by atoms with Crippen molar-refractivity contribution >= 4 is 41.4 Å². The van der Waals surface area contributed by atoms with Crippen molar-refractivity contribution in [2.24, 2.45) is 5.92 Å². The molecular formula is C64H87N8O17+. The van der Waals surface area contributed by atoms with E-state index in [2.05, 4.69) is 33.5 Å². The number of quaternary nitrogens is 1. The van der Waals surface area contributed by atoms with Gasteiger partial charge >= 0.3 is 0 Å². The molecule has 16 atom stereocenters. The Morgan fingerprint density at radius 1 is 0.652 bits per heavy atom. The van der Waals surface area contributed by atoms with Gasteiger partial charge in [-0.1, -0.05) is 87.4 Å². The van der Waals surface area contributed by atoms with Crippen molar-refractivity contribution in [2.75, 3.05) is 47.4 Å². The van der Waals surface area contributed by atoms with Crippen LogP contribution in [0.3, 0.4) is 0 Å². The minimum Gasteiger partial charge on any atom is -0.508 e. The summed E-state index contributed by atoms with van der Waals surface area (Å²) < 4.78 is 12.5. The number of carbonyl (C=O) groups excluding carboxylic acids is 7. The Bertz CT molecular complexity index is 3070. The van der Waals surface area contributed by atoms with Gasteiger partial charge in [-0.25, -0.2) is 0 Å². The number of hydrogen-bond acceptors (Lipinski definition) is 17. The number of rotatable bonds is 18. The monoisotopic (exact) mass is 1240 g/mol. The molecule has 7 rings (SSSR count). The van der Waals surface area contributed by atoms with E-state index in [4.69, 9.17) is 9.47 Å². The topological polar surface area (TPSA) is 366 Å². The van der Waals surface area contributed by atoms with Gasteiger partial charge in [0.25, 0.3) is 5.91 Å². The van der Waals surface area contributed by atoms with Crippen LogP contribution in [0.2, 0.25) is 0 Å². The van der Waals surface area contributed by atoms with Gasteiger partial charge in [0.15, 0.2) is 6.23 Å². The number of aromatic hydroxyl groups is 1. The van der Waals surface area contributed by atoms with E-state index in [1.54, 1.807) is 19.1 Å². The number of ether oxygens (including phenoxy) is 2. The maximum absolute atomic E-state index is 14.9. The number of fused-ring (bicyclic) bond motifs is 2. The van der Waals surface area contributed by atoms with E-state index in [0.717, 1.165) is 70.9 Å². The van der Waals surface area contributed by atoms with Crippen LogP contribution in [0.15, 0.2) is 97.1 Å². The van der Waals surface area contributed by atoms with Gasteiger partial charge in [-0.15, -0.1) is 0 Å². The van der Waals surface area contributed by atoms with Crippen LogP contribution in [0, 0.1) is 5.92 Å². The Labute approximate surface area is 517 Å². The predicted octanol–water partition coefficient (Wildman–Crippen LogP) is 0.192. The van der Waals surface area contributed by atoms with E-state index in [1.807, 2.05) is 69.7 Å². The molecule has 0 bridgehead atoms. The predicted molar refractivity (Wildman–Crippen MR) is 325 cm³/mol. The quantitative estimate of drug-likeness (QED) is 0.0467. The van der Waals surface area contributed by atoms with E-state index in [1.165, 1.54) is 43.3 Å². The third-order valence-corrected chi connectivity index (χ3v) is 16.2. The Morgan fingerprint density at radius 3 is 1.73 bits per heavy atom. The molecule has 3 aliphatic heterocycles. The van der Waals surface area contributed by atoms with Gasteiger partial charge < -0.3 is 91.2 Å². The zero-order valence-corrected chi connectivity index (χ0v) is 51.4. The molecule has 4 aromatic rings. The average molecular weight is 1240 g/mol. The number of likely N-dealkylation sites (N-methyl/N-ethyl adjacent to an activating group) is 1. The molecule has 0 aliphatic carbocycles. The van der Waals surface area contributed by atoms with Crippen molar-refractivity contribution in [3.63, 3.8) is 0 Å². The number of aliphatic hydroxyl groups excluding tert-OH is 7. The first-order chi connectivity index (χ1) is 42.0. The number of nitrogens with one attached hydrogen (secondary N) is 5. The summed E-state index contributed by atoms with van der Waals surface area (Å²) in [4.78, 5) is 104. The first kappa shape index (κ1) is 68.9. The van der Waals surface area contributed by atoms with Gasteiger partial charge in [0.1, 0.15) is 78.7 Å². The third kappa shape index (κ3) is 17.6. The molecule has 0 radical (unpaired) electrons. The van der Waals surface area contributed by atoms with Crippen molar-refractivity contribution in [3.8, 4) is 33.8 Å². The lowest BCUT2D eigenvalue weighted by Gasteiger charge is -2.35. The van der Waals surface area contributed by atoms with Crippen LogP contribution >= 0.6 is 0 Å². The number of benzene rings is 4. The second kappa shape index (κ2) is 30.3. The number of unbranched alkanes of at least 4 members (excludes halogenated alkanes) is 2. The van der Waals surface area contributed by atoms with Crippen LogP contribution in [0.5, 0.6) is 11.5 Å². The molecule has 0 aromatic heterocycles. The average Bonchev–Trinajstić information content (AvgIpc) is 2.54. The minimum atomic E-state index is -2.29. The van der Waals surface area contributed by atoms with Gasteiger partial charge in [0.2, 0.25) is 35.4 Å². The van der Waals surface area contributed by atoms with Crippen LogP contribution in [0.1, 0.15) is 88.7 Å². The lowest BCUT2D eigenvalue weighted by molar-refractivity contribution is -0.873. The second-order valence-corrected chi connectivity index (χ2v) is 24.7. The van der Waals surface area contributed by atoms with Crippen molar-refractivity contribution in [2.45, 2.75) is 158 Å². The van der Waals surface area contributed by atoms with Gasteiger partial charge in [0, 0.05) is 37.4 Å². The van der Waals surface area contributed by atoms with Gasteiger partial charge in [-0.2, -0.15) is 0 Å². The fourth-order valence-corrected chi connectivity index (χ4v) is 11.4. The Kier molecular flexibility index (Phi) is 23.4. The van der Waals surface area contributed by atoms with Crippen molar-refractivity contribution in [1.82, 2.24) is 36.4 Å². The molecule has 3 heterocycles. The molecule has 7 amide bonds. The minimum absolute atomic E-state index is 0.0457. The molecule has 3 aliphatic rings. The third-order valence-electron chi connectivity index (χ3n) is 16.2. The molecule has 0 unspecified atom stereocenters. The molecule has 25 heteroatoms. The summed E-state index contributed by atoms with van der Waals surface area (Å²) in [6, 6.07) is 15.3. The highest BCUT2D eigenvalue weighted by atomic mass is 16.5. The molecule has 25 nitrogen and oxygen atoms in total. The Balaban J connectivity index is 1.24. The van der Waals surface area contributed by atoms with E-state index >= 15 is 0 Å². The fourth-order valence-electron chi connectivity index (χ4n) is 11.4. The van der Waals surface area contributed by atoms with Gasteiger partial charge in [-0.05, 0) is 91.4 Å². The van der Waals surface area contributed by atoms with Gasteiger partial charge in [-0.3, -0.25) is 33.6 Å². The van der Waals surface area contributed by atoms with Crippen molar-refractivity contribution in [3.05, 3.63) is 108 Å². The Hall–Kier alpha value is -7.59. The standard InChI is InChI=1S/C64H86N8O17/c1-9-10-11-28-88-46-26-22-41(23-27-46)39-14-12-38(13-15-39)40-16-18-43(19-17-40)57(81)65-47-30-49(77)62(89-35(3)33-72(6,7)8)69-61(85)53-54(78)34(2)31-71(53)64(87)51(37(5)74)67-60(84)52(56(80)55(79)42-20-24-44(75)25-21-42)68-59(83)48-29-45(76)32-70(48)63(86)50(36(4)73)66-58(47)82/h12-27,34-37,45,47-56,62,73-74,76-80H,9-11,28-33H2,1-8H3,(H5-,65,66,67,68,69,75,81,82,83,84,85)/p+1/t34-,35+,36+,37+,45+,47-,48-,49+,50-,51-,52-,53-,54-,55-,56-,62+/m0/s1. The summed E-state index contributed by atoms with van der Waals surface area (Å²) in [5.74, 6) is -8.26. The molecule has 4 aromatic carbocycles. The molecule has 3 fully saturated rings. The maximum Gasteiger partial charge on any atom is 0.251 e. The van der Waals surface area contributed by atoms with E-state index < -0.39 is 158 Å². The summed E-state index contributed by atoms with van der Waals surface area (Å²) in [5.41, 5.74) is 3.47. The summed E-state index contributed by atoms with van der Waals surface area (Å²) in [7, 11) is 5.56. The number of aliphatic hydroxyl groups is 7. The summed E-state index contributed by atoms with van der Waals surface area (Å²) >= 11 is 0. The highest BCUT2D eigenvalue weighted by Crippen LogP contribution is 2.30. The number of phenolic OH excluding ortho intramolecular Hbond substituents is 1. The largest absolute Gasteiger partial charge is 0.508 e. The van der Waals surface area contributed by atoms with Crippen LogP contribution in [-0.2, 0) is 33.5 Å². The molecule has 0 saturated carbocycles. The molecule has 484 valence electrons. The lowest BCUT2D eigenvalue weighted by Crippen LogP contribution is -2.64. The summed E-state index contributed by atoms with van der Waals surface area (Å²) in [5, 5.41) is 103. The zero-order valence-electron chi connectivity index (χ0n) is 51.4. The summed E-state index contributed by atoms with van der Waals surface area (Å²) in [6.07, 6.45) is -13.5. The molecule has 89 heavy (non-hydrogen) atoms. The number of amides is 7. The second-order valence-electron chi connectivity index (χ2n) is 24.7. The number of hydrogen-bond donors (Lipinski definition) is 13. The highest BCUT2D eigenvalue weighted by Gasteiger charge is 2.50. The first-order valence-electron chi connectivity index (χ1n) is 30.1. The highest BCUT2D eigenvalue weighted by molar-refractivity contribution is 6.00. The number of phenols is 1. The molecular weight excluding hydrogens is 1150 g/mol. The fraction of sp³-hybridized carbons (Fsp3) is 0.516. The normalized spacial score (nSPS) is 26.9. The number of carbonyl (C=O) groups is 7. The molecule has 13 N–H and O–H groups in total. The van der Waals surface area contributed by atoms with E-state index in [9.17, 15) is 74.4 Å². The van der Waals surface area contributed by atoms with Crippen LogP contribution in [0.4, 0.5) is 0 Å². The van der Waals surface area contributed by atoms with Crippen molar-refractivity contribution in [1.29, 1.82) is 0 Å². The Morgan fingerprint density at radius 2 is 1.18 bits per heavy atom. The van der Waals surface area contributed by atoms with Crippen LogP contribution in [-0.4, -0.2) is 229 Å². The van der Waals surface area contributed by atoms with Gasteiger partial charge in [0.05, 0.1) is 52.2 Å². The smallest absolute Gasteiger partial charge is 0.251 e. The van der Waals surface area contributed by atoms with Crippen LogP contribution in [0.25, 0.3) is 22.3 Å². The first-order valence-corrected chi connectivity index (χ1v) is 30.1. The maximum atomic E-state index is 14.9. The number of nitrogens with zero attached hydrogens (tertiary/aromatic N) is 3. The van der Waals surface area contributed by atoms with Crippen LogP contribution < -0.4 is 31.3 Å². The SMILES string of the molecule is CCCCCOc1ccc(-c2ccc(-c3ccc(C(=O)N[C@H]4C[C@@H](O)[C@@H](O[C@H](C)C[N+](C)(C)C)NC(=O)[C@@H]5[C@@H](O)[C@@H](C)CN5C(=O)[C@H]([C@@H](C)O)NC(=O)[C@H]([C@H](O)[C@@H](O)c5ccc(O)cc5)NC(=O)[C@@H]5C[C@@H](O)CN5C(=O)[C@H]([C@@H](C)O)NC4=O)cc3)cc2)cc1. The zero-order chi connectivity index (χ0) is 65.2. The lowest BCUT2D eigenvalue weighted by atomic mass is 9.96. The molecule has 0 spiro atoms. The van der Waals surface area contributed by atoms with Crippen molar-refractivity contribution < 1.29 is 88.4 Å².